The minimum atomic E-state index is -4.41. The summed E-state index contributed by atoms with van der Waals surface area (Å²) in [6.07, 6.45) is -1.02. The Kier molecular flexibility index (Phi) is 4.35. The van der Waals surface area contributed by atoms with Gasteiger partial charge in [0, 0.05) is 26.0 Å². The van der Waals surface area contributed by atoms with E-state index in [1.54, 1.807) is 23.9 Å². The molecule has 0 aromatic carbocycles. The first-order valence-electron chi connectivity index (χ1n) is 6.43. The summed E-state index contributed by atoms with van der Waals surface area (Å²) < 4.78 is 40.4. The van der Waals surface area contributed by atoms with E-state index >= 15 is 0 Å². The lowest BCUT2D eigenvalue weighted by molar-refractivity contribution is -0.137. The van der Waals surface area contributed by atoms with Crippen LogP contribution in [0.2, 0.25) is 0 Å². The van der Waals surface area contributed by atoms with Gasteiger partial charge in [-0.1, -0.05) is 0 Å². The van der Waals surface area contributed by atoms with E-state index in [0.29, 0.717) is 18.9 Å². The molecule has 2 N–H and O–H groups in total. The number of hydrogen-bond acceptors (Lipinski definition) is 4. The minimum absolute atomic E-state index is 0.156. The van der Waals surface area contributed by atoms with Crippen molar-refractivity contribution in [3.05, 3.63) is 35.9 Å². The van der Waals surface area contributed by atoms with Crippen LogP contribution < -0.4 is 10.6 Å². The van der Waals surface area contributed by atoms with Crippen LogP contribution in [0.5, 0.6) is 0 Å². The van der Waals surface area contributed by atoms with Crippen LogP contribution in [0.1, 0.15) is 18.3 Å². The van der Waals surface area contributed by atoms with Crippen molar-refractivity contribution in [1.82, 2.24) is 14.5 Å². The first-order valence-corrected chi connectivity index (χ1v) is 6.43. The van der Waals surface area contributed by atoms with E-state index in [4.69, 9.17) is 0 Å². The van der Waals surface area contributed by atoms with E-state index < -0.39 is 11.7 Å². The van der Waals surface area contributed by atoms with Crippen molar-refractivity contribution in [2.24, 2.45) is 7.05 Å². The summed E-state index contributed by atoms with van der Waals surface area (Å²) in [7, 11) is 1.81. The number of alkyl halides is 3. The standard InChI is InChI=1S/C13H16F3N5/c1-3-17-10-6-9(13(14,15)16)7-11(20-10)19-8-12-18-4-5-21(12)2/h4-7H,3,8H2,1-2H3,(H2,17,19,20). The van der Waals surface area contributed by atoms with Gasteiger partial charge in [0.15, 0.2) is 0 Å². The van der Waals surface area contributed by atoms with Crippen LogP contribution >= 0.6 is 0 Å². The van der Waals surface area contributed by atoms with Gasteiger partial charge in [0.25, 0.3) is 0 Å². The summed E-state index contributed by atoms with van der Waals surface area (Å²) in [5.74, 6) is 1.05. The summed E-state index contributed by atoms with van der Waals surface area (Å²) in [5.41, 5.74) is -0.740. The Morgan fingerprint density at radius 3 is 2.38 bits per heavy atom. The van der Waals surface area contributed by atoms with Crippen molar-refractivity contribution in [2.45, 2.75) is 19.6 Å². The zero-order chi connectivity index (χ0) is 15.5. The fourth-order valence-electron chi connectivity index (χ4n) is 1.79. The Morgan fingerprint density at radius 2 is 1.86 bits per heavy atom. The minimum Gasteiger partial charge on any atom is -0.370 e. The van der Waals surface area contributed by atoms with Gasteiger partial charge in [0.05, 0.1) is 12.1 Å². The third-order valence-electron chi connectivity index (χ3n) is 2.86. The number of pyridine rings is 1. The van der Waals surface area contributed by atoms with E-state index in [2.05, 4.69) is 20.6 Å². The Balaban J connectivity index is 2.21. The van der Waals surface area contributed by atoms with Crippen LogP contribution in [0, 0.1) is 0 Å². The van der Waals surface area contributed by atoms with Gasteiger partial charge in [0.2, 0.25) is 0 Å². The lowest BCUT2D eigenvalue weighted by Gasteiger charge is -2.13. The van der Waals surface area contributed by atoms with E-state index in [0.717, 1.165) is 12.1 Å². The van der Waals surface area contributed by atoms with Crippen molar-refractivity contribution >= 4 is 11.6 Å². The lowest BCUT2D eigenvalue weighted by Crippen LogP contribution is -2.12. The van der Waals surface area contributed by atoms with Crippen LogP contribution in [-0.2, 0) is 19.8 Å². The molecule has 8 heteroatoms. The van der Waals surface area contributed by atoms with Gasteiger partial charge in [-0.25, -0.2) is 9.97 Å². The number of anilines is 2. The molecule has 0 saturated carbocycles. The van der Waals surface area contributed by atoms with Crippen molar-refractivity contribution in [1.29, 1.82) is 0 Å². The molecule has 114 valence electrons. The highest BCUT2D eigenvalue weighted by Gasteiger charge is 2.31. The average Bonchev–Trinajstić information content (AvgIpc) is 2.81. The highest BCUT2D eigenvalue weighted by molar-refractivity contribution is 5.49. The molecule has 21 heavy (non-hydrogen) atoms. The molecule has 0 bridgehead atoms. The number of halogens is 3. The van der Waals surface area contributed by atoms with Crippen LogP contribution in [-0.4, -0.2) is 21.1 Å². The molecule has 0 amide bonds. The normalized spacial score (nSPS) is 11.5. The zero-order valence-electron chi connectivity index (χ0n) is 11.7. The second-order valence-electron chi connectivity index (χ2n) is 4.46. The summed E-state index contributed by atoms with van der Waals surface area (Å²) >= 11 is 0. The summed E-state index contributed by atoms with van der Waals surface area (Å²) in [6.45, 7) is 2.58. The largest absolute Gasteiger partial charge is 0.416 e. The molecule has 0 aliphatic rings. The summed E-state index contributed by atoms with van der Waals surface area (Å²) in [4.78, 5) is 8.20. The van der Waals surface area contributed by atoms with E-state index in [1.807, 2.05) is 7.05 Å². The van der Waals surface area contributed by atoms with Gasteiger partial charge in [-0.15, -0.1) is 0 Å². The van der Waals surface area contributed by atoms with E-state index in [1.165, 1.54) is 0 Å². The monoisotopic (exact) mass is 299 g/mol. The highest BCUT2D eigenvalue weighted by atomic mass is 19.4. The second-order valence-corrected chi connectivity index (χ2v) is 4.46. The third-order valence-corrected chi connectivity index (χ3v) is 2.86. The first kappa shape index (κ1) is 15.1. The molecular formula is C13H16F3N5. The number of rotatable bonds is 5. The van der Waals surface area contributed by atoms with Gasteiger partial charge in [-0.05, 0) is 19.1 Å². The molecule has 0 aliphatic heterocycles. The summed E-state index contributed by atoms with van der Waals surface area (Å²) in [6, 6.07) is 1.99. The predicted molar refractivity (Wildman–Crippen MR) is 73.9 cm³/mol. The maximum Gasteiger partial charge on any atom is 0.416 e. The molecule has 2 rings (SSSR count). The number of aromatic nitrogens is 3. The van der Waals surface area contributed by atoms with Crippen molar-refractivity contribution in [3.8, 4) is 0 Å². The molecule has 2 aromatic heterocycles. The lowest BCUT2D eigenvalue weighted by atomic mass is 10.2. The molecule has 0 spiro atoms. The Bertz CT molecular complexity index is 606. The number of hydrogen-bond donors (Lipinski definition) is 2. The van der Waals surface area contributed by atoms with Gasteiger partial charge < -0.3 is 15.2 Å². The number of aryl methyl sites for hydroxylation is 1. The fraction of sp³-hybridized carbons (Fsp3) is 0.385. The number of nitrogens with zero attached hydrogens (tertiary/aromatic N) is 3. The number of imidazole rings is 1. The molecule has 0 atom stereocenters. The van der Waals surface area contributed by atoms with Crippen molar-refractivity contribution in [2.75, 3.05) is 17.2 Å². The molecule has 2 heterocycles. The van der Waals surface area contributed by atoms with Gasteiger partial charge in [-0.3, -0.25) is 0 Å². The molecule has 5 nitrogen and oxygen atoms in total. The van der Waals surface area contributed by atoms with Crippen molar-refractivity contribution in [3.63, 3.8) is 0 Å². The number of nitrogens with one attached hydrogen (secondary N) is 2. The molecule has 2 aromatic rings. The third kappa shape index (κ3) is 3.87. The topological polar surface area (TPSA) is 54.8 Å². The predicted octanol–water partition coefficient (Wildman–Crippen LogP) is 2.88. The van der Waals surface area contributed by atoms with E-state index in [-0.39, 0.29) is 11.6 Å². The Hall–Kier alpha value is -2.25. The van der Waals surface area contributed by atoms with Gasteiger partial charge in [-0.2, -0.15) is 13.2 Å². The second kappa shape index (κ2) is 6.02. The van der Waals surface area contributed by atoms with Crippen LogP contribution in [0.3, 0.4) is 0 Å². The fourth-order valence-corrected chi connectivity index (χ4v) is 1.79. The van der Waals surface area contributed by atoms with Crippen LogP contribution in [0.4, 0.5) is 24.8 Å². The molecule has 0 unspecified atom stereocenters. The Labute approximate surface area is 120 Å². The molecular weight excluding hydrogens is 283 g/mol. The molecule has 0 saturated heterocycles. The smallest absolute Gasteiger partial charge is 0.370 e. The SMILES string of the molecule is CCNc1cc(C(F)(F)F)cc(NCc2nccn2C)n1. The van der Waals surface area contributed by atoms with E-state index in [9.17, 15) is 13.2 Å². The van der Waals surface area contributed by atoms with Crippen LogP contribution in [0.15, 0.2) is 24.5 Å². The zero-order valence-corrected chi connectivity index (χ0v) is 11.7. The molecule has 0 fully saturated rings. The maximum absolute atomic E-state index is 12.9. The van der Waals surface area contributed by atoms with Gasteiger partial charge >= 0.3 is 6.18 Å². The van der Waals surface area contributed by atoms with Gasteiger partial charge in [0.1, 0.15) is 17.5 Å². The van der Waals surface area contributed by atoms with Crippen LogP contribution in [0.25, 0.3) is 0 Å². The quantitative estimate of drug-likeness (QED) is 0.891. The first-order chi connectivity index (χ1) is 9.90. The molecule has 0 radical (unpaired) electrons. The Morgan fingerprint density at radius 1 is 1.19 bits per heavy atom. The maximum atomic E-state index is 12.9. The average molecular weight is 299 g/mol. The molecule has 0 aliphatic carbocycles. The summed E-state index contributed by atoms with van der Waals surface area (Å²) in [5, 5.41) is 5.66. The highest BCUT2D eigenvalue weighted by Crippen LogP contribution is 2.32. The van der Waals surface area contributed by atoms with Crippen molar-refractivity contribution < 1.29 is 13.2 Å².